The fraction of sp³-hybridized carbons (Fsp3) is 0.238. The van der Waals surface area contributed by atoms with Gasteiger partial charge in [-0.15, -0.1) is 0 Å². The summed E-state index contributed by atoms with van der Waals surface area (Å²) in [6, 6.07) is 11.5. The minimum absolute atomic E-state index is 0.0493. The number of nitro benzene ring substituents is 1. The average molecular weight is 443 g/mol. The Morgan fingerprint density at radius 2 is 1.62 bits per heavy atom. The third kappa shape index (κ3) is 7.86. The molecule has 0 fully saturated rings. The zero-order chi connectivity index (χ0) is 23.5. The minimum Gasteiger partial charge on any atom is -0.465 e. The summed E-state index contributed by atoms with van der Waals surface area (Å²) in [5.74, 6) is -2.12. The van der Waals surface area contributed by atoms with Crippen LogP contribution in [0.15, 0.2) is 48.5 Å². The van der Waals surface area contributed by atoms with Crippen LogP contribution < -0.4 is 10.6 Å². The quantitative estimate of drug-likeness (QED) is 0.323. The third-order valence-electron chi connectivity index (χ3n) is 4.08. The molecule has 2 amide bonds. The van der Waals surface area contributed by atoms with E-state index < -0.39 is 29.4 Å². The predicted molar refractivity (Wildman–Crippen MR) is 113 cm³/mol. The van der Waals surface area contributed by atoms with Crippen LogP contribution in [0.2, 0.25) is 0 Å². The van der Waals surface area contributed by atoms with Gasteiger partial charge in [-0.2, -0.15) is 0 Å². The van der Waals surface area contributed by atoms with Crippen LogP contribution in [0.3, 0.4) is 0 Å². The molecule has 0 unspecified atom stereocenters. The van der Waals surface area contributed by atoms with Crippen LogP contribution in [0.1, 0.15) is 29.6 Å². The Balaban J connectivity index is 1.67. The van der Waals surface area contributed by atoms with E-state index in [1.165, 1.54) is 43.5 Å². The van der Waals surface area contributed by atoms with E-state index in [9.17, 15) is 29.3 Å². The summed E-state index contributed by atoms with van der Waals surface area (Å²) in [6.07, 6.45) is 0.184. The first-order chi connectivity index (χ1) is 15.3. The summed E-state index contributed by atoms with van der Waals surface area (Å²) in [5, 5.41) is 15.8. The highest BCUT2D eigenvalue weighted by Crippen LogP contribution is 2.17. The number of hydrogen-bond donors (Lipinski definition) is 2. The third-order valence-corrected chi connectivity index (χ3v) is 4.08. The molecule has 2 aromatic rings. The van der Waals surface area contributed by atoms with Gasteiger partial charge in [-0.05, 0) is 36.8 Å². The Morgan fingerprint density at radius 1 is 0.938 bits per heavy atom. The Morgan fingerprint density at radius 3 is 2.28 bits per heavy atom. The zero-order valence-corrected chi connectivity index (χ0v) is 17.2. The molecule has 32 heavy (non-hydrogen) atoms. The topological polar surface area (TPSA) is 154 Å². The van der Waals surface area contributed by atoms with E-state index in [1.807, 2.05) is 0 Å². The smallest absolute Gasteiger partial charge is 0.337 e. The number of nitro groups is 1. The maximum absolute atomic E-state index is 11.9. The summed E-state index contributed by atoms with van der Waals surface area (Å²) in [5.41, 5.74) is 0.861. The molecule has 0 saturated carbocycles. The van der Waals surface area contributed by atoms with Crippen molar-refractivity contribution in [2.75, 3.05) is 24.4 Å². The molecule has 0 radical (unpaired) electrons. The van der Waals surface area contributed by atoms with Gasteiger partial charge in [-0.3, -0.25) is 24.5 Å². The van der Waals surface area contributed by atoms with E-state index in [-0.39, 0.29) is 36.5 Å². The highest BCUT2D eigenvalue weighted by Gasteiger charge is 2.12. The first kappa shape index (κ1) is 24.0. The molecule has 0 bridgehead atoms. The number of nitrogens with zero attached hydrogens (tertiary/aromatic N) is 1. The van der Waals surface area contributed by atoms with Gasteiger partial charge >= 0.3 is 11.9 Å². The Labute approximate surface area is 182 Å². The summed E-state index contributed by atoms with van der Waals surface area (Å²) >= 11 is 0. The molecule has 0 aliphatic rings. The van der Waals surface area contributed by atoms with Crippen molar-refractivity contribution in [1.82, 2.24) is 0 Å². The SMILES string of the molecule is COC(=O)c1ccc(NC(=O)CCCC(=O)OCC(=O)Nc2cccc([N+](=O)[O-])c2)cc1. The molecule has 11 nitrogen and oxygen atoms in total. The summed E-state index contributed by atoms with van der Waals surface area (Å²) in [7, 11) is 1.27. The monoisotopic (exact) mass is 443 g/mol. The molecule has 11 heteroatoms. The lowest BCUT2D eigenvalue weighted by Crippen LogP contribution is -2.21. The number of amides is 2. The normalized spacial score (nSPS) is 10.0. The van der Waals surface area contributed by atoms with Crippen LogP contribution in [-0.4, -0.2) is 42.4 Å². The average Bonchev–Trinajstić information content (AvgIpc) is 2.77. The zero-order valence-electron chi connectivity index (χ0n) is 17.2. The molecule has 2 aromatic carbocycles. The molecule has 0 atom stereocenters. The van der Waals surface area contributed by atoms with Gasteiger partial charge in [0.05, 0.1) is 17.6 Å². The minimum atomic E-state index is -0.658. The number of benzene rings is 2. The first-order valence-corrected chi connectivity index (χ1v) is 9.46. The van der Waals surface area contributed by atoms with Crippen molar-refractivity contribution in [2.45, 2.75) is 19.3 Å². The standard InChI is InChI=1S/C21H21N3O8/c1-31-21(28)14-8-10-15(11-9-14)22-18(25)6-3-7-20(27)32-13-19(26)23-16-4-2-5-17(12-16)24(29)30/h2,4-5,8-12H,3,6-7,13H2,1H3,(H,22,25)(H,23,26). The largest absolute Gasteiger partial charge is 0.465 e. The van der Waals surface area contributed by atoms with Crippen molar-refractivity contribution < 1.29 is 33.6 Å². The van der Waals surface area contributed by atoms with Crippen LogP contribution in [-0.2, 0) is 23.9 Å². The van der Waals surface area contributed by atoms with E-state index in [0.717, 1.165) is 0 Å². The van der Waals surface area contributed by atoms with Gasteiger partial charge in [-0.1, -0.05) is 6.07 Å². The lowest BCUT2D eigenvalue weighted by molar-refractivity contribution is -0.384. The highest BCUT2D eigenvalue weighted by molar-refractivity contribution is 5.94. The van der Waals surface area contributed by atoms with Crippen LogP contribution in [0.25, 0.3) is 0 Å². The molecule has 0 heterocycles. The van der Waals surface area contributed by atoms with E-state index in [4.69, 9.17) is 4.74 Å². The molecule has 0 aromatic heterocycles. The van der Waals surface area contributed by atoms with Crippen molar-refractivity contribution in [3.8, 4) is 0 Å². The summed E-state index contributed by atoms with van der Waals surface area (Å²) in [4.78, 5) is 57.0. The number of non-ortho nitro benzene ring substituents is 1. The van der Waals surface area contributed by atoms with Crippen molar-refractivity contribution in [1.29, 1.82) is 0 Å². The van der Waals surface area contributed by atoms with E-state index >= 15 is 0 Å². The predicted octanol–water partition coefficient (Wildman–Crippen LogP) is 2.67. The van der Waals surface area contributed by atoms with E-state index in [2.05, 4.69) is 15.4 Å². The van der Waals surface area contributed by atoms with Gasteiger partial charge in [0.25, 0.3) is 11.6 Å². The van der Waals surface area contributed by atoms with Crippen molar-refractivity contribution in [3.63, 3.8) is 0 Å². The number of hydrogen-bond acceptors (Lipinski definition) is 8. The van der Waals surface area contributed by atoms with Gasteiger partial charge < -0.3 is 20.1 Å². The Bertz CT molecular complexity index is 1000. The van der Waals surface area contributed by atoms with Crippen LogP contribution in [0.5, 0.6) is 0 Å². The van der Waals surface area contributed by atoms with Gasteiger partial charge in [0.15, 0.2) is 6.61 Å². The van der Waals surface area contributed by atoms with Crippen molar-refractivity contribution in [2.24, 2.45) is 0 Å². The second-order valence-corrected chi connectivity index (χ2v) is 6.49. The number of nitrogens with one attached hydrogen (secondary N) is 2. The molecule has 168 valence electrons. The molecule has 2 N–H and O–H groups in total. The Hall–Kier alpha value is -4.28. The van der Waals surface area contributed by atoms with Crippen molar-refractivity contribution >= 4 is 40.8 Å². The number of ether oxygens (including phenoxy) is 2. The van der Waals surface area contributed by atoms with Crippen molar-refractivity contribution in [3.05, 3.63) is 64.2 Å². The molecule has 0 saturated heterocycles. The second-order valence-electron chi connectivity index (χ2n) is 6.49. The lowest BCUT2D eigenvalue weighted by Gasteiger charge is -2.07. The number of esters is 2. The maximum atomic E-state index is 11.9. The van der Waals surface area contributed by atoms with Gasteiger partial charge in [0, 0.05) is 36.3 Å². The first-order valence-electron chi connectivity index (χ1n) is 9.46. The summed E-state index contributed by atoms with van der Waals surface area (Å²) < 4.78 is 9.43. The maximum Gasteiger partial charge on any atom is 0.337 e. The number of carbonyl (C=O) groups excluding carboxylic acids is 4. The number of methoxy groups -OCH3 is 1. The highest BCUT2D eigenvalue weighted by atomic mass is 16.6. The number of anilines is 2. The van der Waals surface area contributed by atoms with Gasteiger partial charge in [0.2, 0.25) is 5.91 Å². The van der Waals surface area contributed by atoms with Gasteiger partial charge in [-0.25, -0.2) is 4.79 Å². The van der Waals surface area contributed by atoms with Crippen LogP contribution >= 0.6 is 0 Å². The van der Waals surface area contributed by atoms with Crippen LogP contribution in [0, 0.1) is 10.1 Å². The molecular formula is C21H21N3O8. The number of rotatable bonds is 10. The fourth-order valence-electron chi connectivity index (χ4n) is 2.54. The lowest BCUT2D eigenvalue weighted by atomic mass is 10.2. The fourth-order valence-corrected chi connectivity index (χ4v) is 2.54. The number of carbonyl (C=O) groups is 4. The van der Waals surface area contributed by atoms with Gasteiger partial charge in [0.1, 0.15) is 0 Å². The summed E-state index contributed by atoms with van der Waals surface area (Å²) in [6.45, 7) is -0.555. The molecule has 0 spiro atoms. The molecule has 0 aliphatic carbocycles. The molecular weight excluding hydrogens is 422 g/mol. The van der Waals surface area contributed by atoms with Crippen LogP contribution in [0.4, 0.5) is 17.1 Å². The molecule has 2 rings (SSSR count). The van der Waals surface area contributed by atoms with E-state index in [1.54, 1.807) is 12.1 Å². The van der Waals surface area contributed by atoms with E-state index in [0.29, 0.717) is 11.3 Å². The Kier molecular flexibility index (Phi) is 8.84. The molecule has 0 aliphatic heterocycles. The second kappa shape index (κ2) is 11.8.